The number of fused-ring (bicyclic) bond motifs is 1. The summed E-state index contributed by atoms with van der Waals surface area (Å²) < 4.78 is 0. The molecule has 2 fully saturated rings. The molecule has 0 aromatic carbocycles. The highest BCUT2D eigenvalue weighted by Crippen LogP contribution is 2.23. The first-order valence-electron chi connectivity index (χ1n) is 6.67. The summed E-state index contributed by atoms with van der Waals surface area (Å²) in [7, 11) is 0. The van der Waals surface area contributed by atoms with Gasteiger partial charge in [0, 0.05) is 19.5 Å². The van der Waals surface area contributed by atoms with Crippen LogP contribution in [0, 0.1) is 0 Å². The molecule has 2 aliphatic rings. The first kappa shape index (κ1) is 13.1. The Morgan fingerprint density at radius 1 is 1.33 bits per heavy atom. The van der Waals surface area contributed by atoms with E-state index in [0.29, 0.717) is 19.4 Å². The summed E-state index contributed by atoms with van der Waals surface area (Å²) in [4.78, 5) is 38.4. The van der Waals surface area contributed by atoms with E-state index in [4.69, 9.17) is 0 Å². The molecule has 1 unspecified atom stereocenters. The fourth-order valence-corrected chi connectivity index (χ4v) is 2.74. The van der Waals surface area contributed by atoms with Crippen LogP contribution in [0.3, 0.4) is 0 Å². The molecule has 100 valence electrons. The van der Waals surface area contributed by atoms with E-state index in [2.05, 4.69) is 0 Å². The van der Waals surface area contributed by atoms with Gasteiger partial charge < -0.3 is 14.6 Å². The van der Waals surface area contributed by atoms with Crippen LogP contribution in [0.15, 0.2) is 0 Å². The first-order chi connectivity index (χ1) is 8.59. The summed E-state index contributed by atoms with van der Waals surface area (Å²) in [5, 5.41) is 0. The number of piperazine rings is 1. The van der Waals surface area contributed by atoms with Crippen molar-refractivity contribution in [2.45, 2.75) is 45.1 Å². The lowest BCUT2D eigenvalue weighted by molar-refractivity contribution is -0.157. The molecule has 2 saturated heterocycles. The van der Waals surface area contributed by atoms with Gasteiger partial charge in [0.15, 0.2) is 0 Å². The van der Waals surface area contributed by atoms with Crippen molar-refractivity contribution in [1.29, 1.82) is 0 Å². The second-order valence-electron chi connectivity index (χ2n) is 5.16. The van der Waals surface area contributed by atoms with Crippen molar-refractivity contribution in [3.05, 3.63) is 0 Å². The van der Waals surface area contributed by atoms with E-state index in [1.165, 1.54) is 0 Å². The van der Waals surface area contributed by atoms with Crippen molar-refractivity contribution >= 4 is 17.6 Å². The summed E-state index contributed by atoms with van der Waals surface area (Å²) >= 11 is 0. The summed E-state index contributed by atoms with van der Waals surface area (Å²) in [6, 6.07) is -0.239. The van der Waals surface area contributed by atoms with Gasteiger partial charge in [0.2, 0.25) is 11.8 Å². The van der Waals surface area contributed by atoms with Crippen LogP contribution < -0.4 is 0 Å². The number of carbonyl (C=O) groups is 3. The van der Waals surface area contributed by atoms with Crippen LogP contribution >= 0.6 is 0 Å². The highest BCUT2D eigenvalue weighted by Gasteiger charge is 2.39. The maximum atomic E-state index is 12.2. The van der Waals surface area contributed by atoms with E-state index in [1.54, 1.807) is 16.7 Å². The third kappa shape index (κ3) is 2.71. The highest BCUT2D eigenvalue weighted by molar-refractivity contribution is 5.95. The monoisotopic (exact) mass is 252 g/mol. The van der Waals surface area contributed by atoms with Gasteiger partial charge in [0.25, 0.3) is 0 Å². The van der Waals surface area contributed by atoms with Gasteiger partial charge in [-0.25, -0.2) is 0 Å². The second kappa shape index (κ2) is 5.50. The molecule has 2 aliphatic heterocycles. The molecule has 5 heteroatoms. The van der Waals surface area contributed by atoms with E-state index < -0.39 is 0 Å². The minimum absolute atomic E-state index is 0.0575. The number of hydrogen-bond donors (Lipinski definition) is 0. The van der Waals surface area contributed by atoms with E-state index in [1.807, 2.05) is 0 Å². The summed E-state index contributed by atoms with van der Waals surface area (Å²) in [6.45, 7) is 2.98. The molecular formula is C13H20N2O3. The van der Waals surface area contributed by atoms with Crippen LogP contribution in [0.1, 0.15) is 39.0 Å². The van der Waals surface area contributed by atoms with Crippen LogP contribution in [0.4, 0.5) is 0 Å². The normalized spacial score (nSPS) is 24.2. The Balaban J connectivity index is 1.94. The Morgan fingerprint density at radius 3 is 2.83 bits per heavy atom. The molecule has 2 amide bonds. The van der Waals surface area contributed by atoms with Crippen molar-refractivity contribution < 1.29 is 14.4 Å². The number of amides is 2. The zero-order valence-electron chi connectivity index (χ0n) is 10.9. The molecule has 18 heavy (non-hydrogen) atoms. The van der Waals surface area contributed by atoms with Gasteiger partial charge in [-0.15, -0.1) is 0 Å². The topological polar surface area (TPSA) is 57.7 Å². The molecule has 0 aromatic rings. The number of nitrogens with zero attached hydrogens (tertiary/aromatic N) is 2. The summed E-state index contributed by atoms with van der Waals surface area (Å²) in [5.74, 6) is 0.255. The van der Waals surface area contributed by atoms with Gasteiger partial charge >= 0.3 is 0 Å². The van der Waals surface area contributed by atoms with E-state index >= 15 is 0 Å². The zero-order valence-corrected chi connectivity index (χ0v) is 10.9. The quantitative estimate of drug-likeness (QED) is 0.735. The van der Waals surface area contributed by atoms with Crippen LogP contribution in [-0.4, -0.2) is 53.1 Å². The molecule has 0 spiro atoms. The van der Waals surface area contributed by atoms with E-state index in [0.717, 1.165) is 25.8 Å². The molecule has 0 N–H and O–H groups in total. The maximum absolute atomic E-state index is 12.2. The number of ketones is 1. The van der Waals surface area contributed by atoms with Gasteiger partial charge in [0.1, 0.15) is 11.8 Å². The Kier molecular flexibility index (Phi) is 3.99. The van der Waals surface area contributed by atoms with Crippen LogP contribution in [0.5, 0.6) is 0 Å². The van der Waals surface area contributed by atoms with E-state index in [9.17, 15) is 14.4 Å². The summed E-state index contributed by atoms with van der Waals surface area (Å²) in [6.07, 6.45) is 3.93. The molecule has 0 bridgehead atoms. The van der Waals surface area contributed by atoms with Crippen molar-refractivity contribution in [2.75, 3.05) is 19.6 Å². The van der Waals surface area contributed by atoms with Crippen LogP contribution in [0.25, 0.3) is 0 Å². The lowest BCUT2D eigenvalue weighted by atomic mass is 9.98. The van der Waals surface area contributed by atoms with Crippen LogP contribution in [-0.2, 0) is 14.4 Å². The van der Waals surface area contributed by atoms with Gasteiger partial charge in [-0.3, -0.25) is 9.59 Å². The minimum atomic E-state index is -0.239. The second-order valence-corrected chi connectivity index (χ2v) is 5.16. The molecule has 0 aliphatic carbocycles. The Hall–Kier alpha value is -1.39. The van der Waals surface area contributed by atoms with Gasteiger partial charge in [-0.2, -0.15) is 0 Å². The average molecular weight is 252 g/mol. The minimum Gasteiger partial charge on any atom is -0.332 e. The maximum Gasteiger partial charge on any atom is 0.245 e. The Bertz CT molecular complexity index is 367. The average Bonchev–Trinajstić information content (AvgIpc) is 2.35. The SMILES string of the molecule is CC(=O)CCCN1CC(=O)N2CCCCC2C1=O. The number of Topliss-reactive ketones (excluding diaryl/α,β-unsaturated/α-hetero) is 1. The molecule has 0 radical (unpaired) electrons. The van der Waals surface area contributed by atoms with Crippen molar-refractivity contribution in [2.24, 2.45) is 0 Å². The highest BCUT2D eigenvalue weighted by atomic mass is 16.2. The molecule has 2 rings (SSSR count). The fourth-order valence-electron chi connectivity index (χ4n) is 2.74. The number of carbonyl (C=O) groups excluding carboxylic acids is 3. The number of piperidine rings is 1. The molecule has 1 atom stereocenters. The largest absolute Gasteiger partial charge is 0.332 e. The standard InChI is InChI=1S/C13H20N2O3/c1-10(16)5-4-7-14-9-12(17)15-8-3-2-6-11(15)13(14)18/h11H,2-9H2,1H3. The molecular weight excluding hydrogens is 232 g/mol. The number of rotatable bonds is 4. The molecule has 2 heterocycles. The third-order valence-electron chi connectivity index (χ3n) is 3.70. The van der Waals surface area contributed by atoms with E-state index in [-0.39, 0.29) is 30.2 Å². The van der Waals surface area contributed by atoms with Crippen molar-refractivity contribution in [3.63, 3.8) is 0 Å². The van der Waals surface area contributed by atoms with Crippen molar-refractivity contribution in [3.8, 4) is 0 Å². The Morgan fingerprint density at radius 2 is 2.11 bits per heavy atom. The van der Waals surface area contributed by atoms with Crippen LogP contribution in [0.2, 0.25) is 0 Å². The lowest BCUT2D eigenvalue weighted by Gasteiger charge is -2.42. The molecule has 0 aromatic heterocycles. The Labute approximate surface area is 107 Å². The number of hydrogen-bond acceptors (Lipinski definition) is 3. The molecule has 0 saturated carbocycles. The predicted molar refractivity (Wildman–Crippen MR) is 65.8 cm³/mol. The van der Waals surface area contributed by atoms with Gasteiger partial charge in [-0.1, -0.05) is 0 Å². The third-order valence-corrected chi connectivity index (χ3v) is 3.70. The smallest absolute Gasteiger partial charge is 0.245 e. The van der Waals surface area contributed by atoms with Crippen molar-refractivity contribution in [1.82, 2.24) is 9.80 Å². The fraction of sp³-hybridized carbons (Fsp3) is 0.769. The first-order valence-corrected chi connectivity index (χ1v) is 6.67. The van der Waals surface area contributed by atoms with Gasteiger partial charge in [0.05, 0.1) is 6.54 Å². The lowest BCUT2D eigenvalue weighted by Crippen LogP contribution is -2.61. The predicted octanol–water partition coefficient (Wildman–Crippen LogP) is 0.579. The molecule has 5 nitrogen and oxygen atoms in total. The summed E-state index contributed by atoms with van der Waals surface area (Å²) in [5.41, 5.74) is 0. The van der Waals surface area contributed by atoms with Gasteiger partial charge in [-0.05, 0) is 32.6 Å². The zero-order chi connectivity index (χ0) is 13.1.